The second-order valence-corrected chi connectivity index (χ2v) is 8.08. The number of hydrogen-bond acceptors (Lipinski definition) is 5. The third kappa shape index (κ3) is 5.70. The van der Waals surface area contributed by atoms with E-state index in [0.717, 1.165) is 35.3 Å². The van der Waals surface area contributed by atoms with Crippen molar-refractivity contribution < 1.29 is 19.1 Å². The van der Waals surface area contributed by atoms with E-state index in [4.69, 9.17) is 20.9 Å². The SMILES string of the molecule is NC(=O)NC(=O)c1cccc2c1O[C@@H](CCc1ccc(OCc3ccccc3)cc1)CC2N. The van der Waals surface area contributed by atoms with Crippen LogP contribution in [-0.4, -0.2) is 18.0 Å². The summed E-state index contributed by atoms with van der Waals surface area (Å²) in [6.45, 7) is 0.527. The highest BCUT2D eigenvalue weighted by molar-refractivity contribution is 6.05. The Morgan fingerprint density at radius 3 is 2.45 bits per heavy atom. The van der Waals surface area contributed by atoms with Gasteiger partial charge in [0.1, 0.15) is 24.2 Å². The quantitative estimate of drug-likeness (QED) is 0.511. The zero-order chi connectivity index (χ0) is 23.2. The average Bonchev–Trinajstić information content (AvgIpc) is 2.82. The molecular formula is C26H27N3O4. The normalized spacial score (nSPS) is 16.9. The number of primary amides is 1. The number of imide groups is 1. The number of aryl methyl sites for hydroxylation is 1. The van der Waals surface area contributed by atoms with Crippen LogP contribution in [0, 0.1) is 0 Å². The number of benzene rings is 3. The van der Waals surface area contributed by atoms with E-state index in [1.807, 2.05) is 60.7 Å². The van der Waals surface area contributed by atoms with Gasteiger partial charge in [0.15, 0.2) is 0 Å². The van der Waals surface area contributed by atoms with Gasteiger partial charge in [0, 0.05) is 18.0 Å². The first-order valence-corrected chi connectivity index (χ1v) is 10.9. The number of para-hydroxylation sites is 1. The molecule has 33 heavy (non-hydrogen) atoms. The first kappa shape index (κ1) is 22.4. The van der Waals surface area contributed by atoms with Gasteiger partial charge in [-0.1, -0.05) is 54.6 Å². The summed E-state index contributed by atoms with van der Waals surface area (Å²) in [5, 5.41) is 2.09. The topological polar surface area (TPSA) is 117 Å². The van der Waals surface area contributed by atoms with E-state index in [1.165, 1.54) is 0 Å². The number of carbonyl (C=O) groups is 2. The average molecular weight is 446 g/mol. The predicted molar refractivity (Wildman–Crippen MR) is 125 cm³/mol. The van der Waals surface area contributed by atoms with E-state index < -0.39 is 11.9 Å². The Kier molecular flexibility index (Phi) is 6.90. The van der Waals surface area contributed by atoms with Crippen LogP contribution < -0.4 is 26.3 Å². The Labute approximate surface area is 192 Å². The maximum absolute atomic E-state index is 12.4. The van der Waals surface area contributed by atoms with Crippen LogP contribution in [0.15, 0.2) is 72.8 Å². The molecule has 0 aromatic heterocycles. The maximum atomic E-state index is 12.4. The summed E-state index contributed by atoms with van der Waals surface area (Å²) in [5.41, 5.74) is 14.7. The molecule has 3 aromatic carbocycles. The number of urea groups is 1. The van der Waals surface area contributed by atoms with Crippen LogP contribution in [0.1, 0.15) is 45.9 Å². The fourth-order valence-corrected chi connectivity index (χ4v) is 3.96. The van der Waals surface area contributed by atoms with Crippen molar-refractivity contribution in [1.29, 1.82) is 0 Å². The molecule has 0 saturated carbocycles. The van der Waals surface area contributed by atoms with Crippen molar-refractivity contribution in [2.75, 3.05) is 0 Å². The summed E-state index contributed by atoms with van der Waals surface area (Å²) in [5.74, 6) is 0.639. The van der Waals surface area contributed by atoms with Crippen LogP contribution in [0.5, 0.6) is 11.5 Å². The first-order chi connectivity index (χ1) is 16.0. The summed E-state index contributed by atoms with van der Waals surface area (Å²) in [6.07, 6.45) is 2.03. The summed E-state index contributed by atoms with van der Waals surface area (Å²) in [4.78, 5) is 23.4. The molecule has 7 heteroatoms. The van der Waals surface area contributed by atoms with Crippen molar-refractivity contribution in [2.24, 2.45) is 11.5 Å². The molecule has 1 heterocycles. The largest absolute Gasteiger partial charge is 0.489 e. The summed E-state index contributed by atoms with van der Waals surface area (Å²) >= 11 is 0. The second kappa shape index (κ2) is 10.2. The first-order valence-electron chi connectivity index (χ1n) is 10.9. The minimum atomic E-state index is -0.912. The van der Waals surface area contributed by atoms with Gasteiger partial charge in [0.05, 0.1) is 5.56 Å². The Morgan fingerprint density at radius 1 is 0.970 bits per heavy atom. The molecule has 0 radical (unpaired) electrons. The number of nitrogens with one attached hydrogen (secondary N) is 1. The molecule has 0 aliphatic carbocycles. The van der Waals surface area contributed by atoms with E-state index in [2.05, 4.69) is 5.32 Å². The highest BCUT2D eigenvalue weighted by atomic mass is 16.5. The van der Waals surface area contributed by atoms with Crippen molar-refractivity contribution in [1.82, 2.24) is 5.32 Å². The number of carbonyl (C=O) groups excluding carboxylic acids is 2. The smallest absolute Gasteiger partial charge is 0.319 e. The summed E-state index contributed by atoms with van der Waals surface area (Å²) in [7, 11) is 0. The zero-order valence-electron chi connectivity index (χ0n) is 18.2. The summed E-state index contributed by atoms with van der Waals surface area (Å²) < 4.78 is 12.0. The number of ether oxygens (including phenoxy) is 2. The molecule has 0 bridgehead atoms. The Morgan fingerprint density at radius 2 is 1.73 bits per heavy atom. The lowest BCUT2D eigenvalue weighted by Gasteiger charge is -2.31. The molecule has 170 valence electrons. The molecule has 7 nitrogen and oxygen atoms in total. The number of rotatable bonds is 7. The number of fused-ring (bicyclic) bond motifs is 1. The van der Waals surface area contributed by atoms with Gasteiger partial charge in [0.25, 0.3) is 5.91 Å². The zero-order valence-corrected chi connectivity index (χ0v) is 18.2. The predicted octanol–water partition coefficient (Wildman–Crippen LogP) is 3.86. The van der Waals surface area contributed by atoms with Crippen molar-refractivity contribution in [3.8, 4) is 11.5 Å². The third-order valence-electron chi connectivity index (χ3n) is 5.65. The van der Waals surface area contributed by atoms with E-state index in [1.54, 1.807) is 12.1 Å². The number of amides is 3. The van der Waals surface area contributed by atoms with Gasteiger partial charge < -0.3 is 20.9 Å². The Bertz CT molecular complexity index is 1120. The van der Waals surface area contributed by atoms with E-state index in [-0.39, 0.29) is 17.7 Å². The minimum absolute atomic E-state index is 0.149. The van der Waals surface area contributed by atoms with Crippen LogP contribution in [0.25, 0.3) is 0 Å². The van der Waals surface area contributed by atoms with Gasteiger partial charge in [-0.15, -0.1) is 0 Å². The lowest BCUT2D eigenvalue weighted by Crippen LogP contribution is -2.37. The van der Waals surface area contributed by atoms with Crippen LogP contribution in [-0.2, 0) is 13.0 Å². The standard InChI is InChI=1S/C26H27N3O4/c27-23-15-20(33-24-21(23)7-4-8-22(24)25(30)29-26(28)31)14-11-17-9-12-19(13-10-17)32-16-18-5-2-1-3-6-18/h1-10,12-13,20,23H,11,14-16,27H2,(H3,28,29,30,31)/t20-,23?/m0/s1. The van der Waals surface area contributed by atoms with Gasteiger partial charge in [0.2, 0.25) is 0 Å². The lowest BCUT2D eigenvalue weighted by atomic mass is 9.92. The molecule has 1 unspecified atom stereocenters. The van der Waals surface area contributed by atoms with Crippen molar-refractivity contribution in [2.45, 2.75) is 38.0 Å². The molecule has 5 N–H and O–H groups in total. The monoisotopic (exact) mass is 445 g/mol. The van der Waals surface area contributed by atoms with E-state index in [0.29, 0.717) is 18.8 Å². The fourth-order valence-electron chi connectivity index (χ4n) is 3.96. The molecule has 3 amide bonds. The summed E-state index contributed by atoms with van der Waals surface area (Å²) in [6, 6.07) is 22.0. The second-order valence-electron chi connectivity index (χ2n) is 8.08. The molecule has 0 spiro atoms. The van der Waals surface area contributed by atoms with Crippen molar-refractivity contribution in [3.63, 3.8) is 0 Å². The van der Waals surface area contributed by atoms with Crippen LogP contribution in [0.2, 0.25) is 0 Å². The highest BCUT2D eigenvalue weighted by Crippen LogP contribution is 2.37. The molecule has 3 aromatic rings. The van der Waals surface area contributed by atoms with Crippen LogP contribution >= 0.6 is 0 Å². The van der Waals surface area contributed by atoms with Crippen molar-refractivity contribution in [3.05, 3.63) is 95.1 Å². The van der Waals surface area contributed by atoms with Crippen molar-refractivity contribution >= 4 is 11.9 Å². The maximum Gasteiger partial charge on any atom is 0.319 e. The molecule has 4 rings (SSSR count). The third-order valence-corrected chi connectivity index (χ3v) is 5.65. The minimum Gasteiger partial charge on any atom is -0.489 e. The number of nitrogens with two attached hydrogens (primary N) is 2. The molecule has 1 aliphatic rings. The lowest BCUT2D eigenvalue weighted by molar-refractivity contribution is 0.0951. The van der Waals surface area contributed by atoms with Gasteiger partial charge in [-0.05, 0) is 42.2 Å². The molecule has 0 fully saturated rings. The molecule has 1 aliphatic heterocycles. The van der Waals surface area contributed by atoms with Crippen LogP contribution in [0.3, 0.4) is 0 Å². The fraction of sp³-hybridized carbons (Fsp3) is 0.231. The molecule has 0 saturated heterocycles. The van der Waals surface area contributed by atoms with Gasteiger partial charge in [-0.25, -0.2) is 4.79 Å². The molecular weight excluding hydrogens is 418 g/mol. The van der Waals surface area contributed by atoms with E-state index >= 15 is 0 Å². The van der Waals surface area contributed by atoms with Crippen LogP contribution in [0.4, 0.5) is 4.79 Å². The Hall–Kier alpha value is -3.84. The van der Waals surface area contributed by atoms with E-state index in [9.17, 15) is 9.59 Å². The number of hydrogen-bond donors (Lipinski definition) is 3. The van der Waals surface area contributed by atoms with Gasteiger partial charge in [-0.3, -0.25) is 10.1 Å². The van der Waals surface area contributed by atoms with Gasteiger partial charge >= 0.3 is 6.03 Å². The highest BCUT2D eigenvalue weighted by Gasteiger charge is 2.29. The Balaban J connectivity index is 1.36. The van der Waals surface area contributed by atoms with Gasteiger partial charge in [-0.2, -0.15) is 0 Å². The molecule has 2 atom stereocenters.